The van der Waals surface area contributed by atoms with Gasteiger partial charge in [-0.3, -0.25) is 5.73 Å². The Hall–Kier alpha value is -1.96. The normalized spacial score (nSPS) is 38.2. The summed E-state index contributed by atoms with van der Waals surface area (Å²) in [7, 11) is 0. The van der Waals surface area contributed by atoms with Crippen molar-refractivity contribution in [1.29, 1.82) is 0 Å². The number of ether oxygens (including phenoxy) is 1. The Morgan fingerprint density at radius 1 is 1.39 bits per heavy atom. The summed E-state index contributed by atoms with van der Waals surface area (Å²) in [5, 5.41) is 29.9. The molecule has 0 spiro atoms. The lowest BCUT2D eigenvalue weighted by molar-refractivity contribution is -0.151. The molecule has 5 N–H and O–H groups in total. The number of aliphatic hydroxyl groups excluding tert-OH is 1. The standard InChI is InChI=1S/C21H27N3O4/c1-3-19-16-13-6-7-14(24-27)17(16)28-21(19,22)18(25)11(2)9-20(19,26)15(8-13)23-10-12-4-5-12/h6-7,12,15,23,25-26H,3-5,8-10,22H2,1-2H3/t15?,19?,20-,21?/m1/s1. The third-order valence-corrected chi connectivity index (χ3v) is 7.56. The monoisotopic (exact) mass is 385 g/mol. The average molecular weight is 385 g/mol. The highest BCUT2D eigenvalue weighted by Gasteiger charge is 2.75. The van der Waals surface area contributed by atoms with Gasteiger partial charge in [0.05, 0.1) is 11.0 Å². The molecular weight excluding hydrogens is 358 g/mol. The van der Waals surface area contributed by atoms with Gasteiger partial charge in [0.2, 0.25) is 5.72 Å². The Balaban J connectivity index is 1.78. The predicted molar refractivity (Wildman–Crippen MR) is 105 cm³/mol. The van der Waals surface area contributed by atoms with Gasteiger partial charge >= 0.3 is 0 Å². The van der Waals surface area contributed by atoms with Crippen LogP contribution in [0.15, 0.2) is 28.6 Å². The summed E-state index contributed by atoms with van der Waals surface area (Å²) >= 11 is 0. The quantitative estimate of drug-likeness (QED) is 0.579. The Labute approximate surface area is 163 Å². The average Bonchev–Trinajstić information content (AvgIpc) is 3.44. The molecule has 4 aliphatic rings. The molecule has 1 aliphatic heterocycles. The number of hydrogen-bond acceptors (Lipinski definition) is 7. The fourth-order valence-corrected chi connectivity index (χ4v) is 6.03. The van der Waals surface area contributed by atoms with Crippen LogP contribution in [0, 0.1) is 10.8 Å². The second-order valence-electron chi connectivity index (χ2n) is 8.97. The summed E-state index contributed by atoms with van der Waals surface area (Å²) in [6, 6.07) is 3.30. The van der Waals surface area contributed by atoms with E-state index in [4.69, 9.17) is 10.5 Å². The highest BCUT2D eigenvalue weighted by Crippen LogP contribution is 2.66. The minimum atomic E-state index is -1.63. The molecule has 1 fully saturated rings. The molecule has 28 heavy (non-hydrogen) atoms. The predicted octanol–water partition coefficient (Wildman–Crippen LogP) is 2.67. The number of nitrogens with two attached hydrogens (primary N) is 1. The van der Waals surface area contributed by atoms with E-state index in [2.05, 4.69) is 10.5 Å². The smallest absolute Gasteiger partial charge is 0.228 e. The molecule has 7 heteroatoms. The molecule has 1 aromatic rings. The molecule has 3 unspecified atom stereocenters. The van der Waals surface area contributed by atoms with Crippen LogP contribution in [0.3, 0.4) is 0 Å². The van der Waals surface area contributed by atoms with Gasteiger partial charge in [-0.2, -0.15) is 0 Å². The van der Waals surface area contributed by atoms with Crippen LogP contribution in [0.5, 0.6) is 5.75 Å². The second-order valence-corrected chi connectivity index (χ2v) is 8.97. The minimum Gasteiger partial charge on any atom is -0.507 e. The highest BCUT2D eigenvalue weighted by molar-refractivity contribution is 5.69. The number of aliphatic hydroxyl groups is 2. The first kappa shape index (κ1) is 18.1. The van der Waals surface area contributed by atoms with Crippen LogP contribution >= 0.6 is 0 Å². The highest BCUT2D eigenvalue weighted by atomic mass is 16.5. The summed E-state index contributed by atoms with van der Waals surface area (Å²) < 4.78 is 6.13. The third-order valence-electron chi connectivity index (χ3n) is 7.56. The van der Waals surface area contributed by atoms with E-state index in [9.17, 15) is 15.1 Å². The van der Waals surface area contributed by atoms with Gasteiger partial charge in [-0.25, -0.2) is 0 Å². The largest absolute Gasteiger partial charge is 0.507 e. The van der Waals surface area contributed by atoms with Crippen LogP contribution in [0.25, 0.3) is 0 Å². The number of nitroso groups, excluding NO2 is 1. The van der Waals surface area contributed by atoms with Gasteiger partial charge in [0.15, 0.2) is 11.5 Å². The van der Waals surface area contributed by atoms with Crippen LogP contribution in [0.2, 0.25) is 0 Å². The molecule has 150 valence electrons. The van der Waals surface area contributed by atoms with E-state index in [0.717, 1.165) is 17.7 Å². The number of nitrogens with one attached hydrogen (secondary N) is 1. The SMILES string of the molecule is CCC12c3c4ccc(N=O)c3OC1(N)C(O)=C(C)C[C@@]2(O)C(NCC1CC1)C4. The lowest BCUT2D eigenvalue weighted by Crippen LogP contribution is -2.78. The van der Waals surface area contributed by atoms with Crippen molar-refractivity contribution in [1.82, 2.24) is 5.32 Å². The van der Waals surface area contributed by atoms with Gasteiger partial charge in [0.25, 0.3) is 0 Å². The van der Waals surface area contributed by atoms with Crippen molar-refractivity contribution in [3.05, 3.63) is 39.5 Å². The van der Waals surface area contributed by atoms with Crippen molar-refractivity contribution in [3.8, 4) is 5.75 Å². The van der Waals surface area contributed by atoms with E-state index in [0.29, 0.717) is 36.5 Å². The van der Waals surface area contributed by atoms with Gasteiger partial charge in [-0.05, 0) is 67.4 Å². The Morgan fingerprint density at radius 3 is 2.79 bits per heavy atom. The molecule has 1 heterocycles. The van der Waals surface area contributed by atoms with Crippen molar-refractivity contribution < 1.29 is 14.9 Å². The number of benzene rings is 1. The maximum atomic E-state index is 12.2. The molecule has 0 saturated heterocycles. The molecule has 7 nitrogen and oxygen atoms in total. The molecule has 0 radical (unpaired) electrons. The Kier molecular flexibility index (Phi) is 3.59. The van der Waals surface area contributed by atoms with Gasteiger partial charge in [0, 0.05) is 18.0 Å². The Bertz CT molecular complexity index is 911. The van der Waals surface area contributed by atoms with E-state index in [1.165, 1.54) is 12.8 Å². The van der Waals surface area contributed by atoms with E-state index < -0.39 is 16.7 Å². The summed E-state index contributed by atoms with van der Waals surface area (Å²) in [5.74, 6) is 0.911. The summed E-state index contributed by atoms with van der Waals surface area (Å²) in [4.78, 5) is 11.4. The van der Waals surface area contributed by atoms with Crippen LogP contribution in [-0.2, 0) is 11.8 Å². The maximum absolute atomic E-state index is 12.2. The fourth-order valence-electron chi connectivity index (χ4n) is 6.03. The molecule has 5 rings (SSSR count). The topological polar surface area (TPSA) is 117 Å². The molecule has 0 bridgehead atoms. The first-order valence-electron chi connectivity index (χ1n) is 10.1. The number of rotatable bonds is 5. The summed E-state index contributed by atoms with van der Waals surface area (Å²) in [5.41, 5.74) is 5.32. The first-order chi connectivity index (χ1) is 13.3. The first-order valence-corrected chi connectivity index (χ1v) is 10.1. The van der Waals surface area contributed by atoms with Crippen LogP contribution in [-0.4, -0.2) is 34.1 Å². The van der Waals surface area contributed by atoms with Gasteiger partial charge in [-0.15, -0.1) is 4.91 Å². The van der Waals surface area contributed by atoms with E-state index in [-0.39, 0.29) is 17.5 Å². The van der Waals surface area contributed by atoms with Crippen molar-refractivity contribution in [2.24, 2.45) is 16.8 Å². The Morgan fingerprint density at radius 2 is 2.14 bits per heavy atom. The summed E-state index contributed by atoms with van der Waals surface area (Å²) in [6.45, 7) is 4.59. The third kappa shape index (κ3) is 1.90. The van der Waals surface area contributed by atoms with Crippen LogP contribution < -0.4 is 15.8 Å². The zero-order valence-electron chi connectivity index (χ0n) is 16.3. The molecular formula is C21H27N3O4. The van der Waals surface area contributed by atoms with Crippen LogP contribution in [0.4, 0.5) is 5.69 Å². The number of nitrogens with zero attached hydrogens (tertiary/aromatic N) is 1. The maximum Gasteiger partial charge on any atom is 0.228 e. The molecule has 0 aromatic heterocycles. The minimum absolute atomic E-state index is 0.0548. The number of hydrogen-bond donors (Lipinski definition) is 4. The van der Waals surface area contributed by atoms with Gasteiger partial charge in [-0.1, -0.05) is 13.0 Å². The van der Waals surface area contributed by atoms with Gasteiger partial charge < -0.3 is 20.3 Å². The molecule has 4 atom stereocenters. The van der Waals surface area contributed by atoms with E-state index in [1.807, 2.05) is 13.0 Å². The van der Waals surface area contributed by atoms with E-state index >= 15 is 0 Å². The van der Waals surface area contributed by atoms with E-state index in [1.54, 1.807) is 13.0 Å². The van der Waals surface area contributed by atoms with Crippen molar-refractivity contribution in [2.45, 2.75) is 68.7 Å². The van der Waals surface area contributed by atoms with Gasteiger partial charge in [0.1, 0.15) is 5.69 Å². The fraction of sp³-hybridized carbons (Fsp3) is 0.619. The molecule has 0 amide bonds. The zero-order chi connectivity index (χ0) is 19.9. The van der Waals surface area contributed by atoms with Crippen molar-refractivity contribution in [2.75, 3.05) is 6.54 Å². The summed E-state index contributed by atoms with van der Waals surface area (Å²) in [6.07, 6.45) is 3.81. The molecule has 3 aliphatic carbocycles. The zero-order valence-corrected chi connectivity index (χ0v) is 16.3. The second kappa shape index (κ2) is 5.55. The van der Waals surface area contributed by atoms with Crippen molar-refractivity contribution >= 4 is 5.69 Å². The van der Waals surface area contributed by atoms with Crippen LogP contribution in [0.1, 0.15) is 50.7 Å². The molecule has 1 aromatic carbocycles. The molecule has 1 saturated carbocycles. The van der Waals surface area contributed by atoms with Crippen molar-refractivity contribution in [3.63, 3.8) is 0 Å². The lowest BCUT2D eigenvalue weighted by atomic mass is 9.49. The lowest BCUT2D eigenvalue weighted by Gasteiger charge is -2.59.